The van der Waals surface area contributed by atoms with E-state index in [1.165, 1.54) is 11.3 Å². The van der Waals surface area contributed by atoms with Crippen molar-refractivity contribution in [1.29, 1.82) is 0 Å². The third-order valence-corrected chi connectivity index (χ3v) is 3.68. The van der Waals surface area contributed by atoms with Crippen molar-refractivity contribution in [3.8, 4) is 11.3 Å². The maximum atomic E-state index is 11.5. The highest BCUT2D eigenvalue weighted by atomic mass is 32.1. The monoisotopic (exact) mass is 262 g/mol. The Morgan fingerprint density at radius 3 is 2.72 bits per heavy atom. The number of H-pyrrole nitrogens is 1. The number of benzene rings is 1. The van der Waals surface area contributed by atoms with E-state index in [2.05, 4.69) is 17.2 Å². The van der Waals surface area contributed by atoms with E-state index in [9.17, 15) is 4.79 Å². The minimum Gasteiger partial charge on any atom is -0.316 e. The van der Waals surface area contributed by atoms with E-state index < -0.39 is 0 Å². The molecule has 0 spiro atoms. The van der Waals surface area contributed by atoms with Crippen molar-refractivity contribution in [2.75, 3.05) is 13.1 Å². The molecule has 0 aliphatic carbocycles. The first-order chi connectivity index (χ1) is 8.81. The molecule has 0 fully saturated rings. The summed E-state index contributed by atoms with van der Waals surface area (Å²) in [6, 6.07) is 10.0. The maximum Gasteiger partial charge on any atom is 0.305 e. The molecule has 18 heavy (non-hydrogen) atoms. The van der Waals surface area contributed by atoms with Crippen LogP contribution >= 0.6 is 11.3 Å². The summed E-state index contributed by atoms with van der Waals surface area (Å²) in [5.41, 5.74) is 2.06. The van der Waals surface area contributed by atoms with Gasteiger partial charge in [0.2, 0.25) is 0 Å². The number of aromatic amines is 1. The highest BCUT2D eigenvalue weighted by Gasteiger charge is 2.09. The number of hydrogen-bond acceptors (Lipinski definition) is 3. The van der Waals surface area contributed by atoms with Crippen molar-refractivity contribution >= 4 is 11.3 Å². The van der Waals surface area contributed by atoms with Gasteiger partial charge < -0.3 is 10.3 Å². The van der Waals surface area contributed by atoms with Gasteiger partial charge in [-0.1, -0.05) is 48.6 Å². The molecule has 0 saturated heterocycles. The number of rotatable bonds is 6. The molecule has 2 N–H and O–H groups in total. The number of thiazole rings is 1. The van der Waals surface area contributed by atoms with Gasteiger partial charge >= 0.3 is 4.87 Å². The molecule has 2 aromatic rings. The number of aromatic nitrogens is 1. The van der Waals surface area contributed by atoms with Gasteiger partial charge in [-0.05, 0) is 24.9 Å². The van der Waals surface area contributed by atoms with Gasteiger partial charge in [-0.3, -0.25) is 4.79 Å². The Kier molecular flexibility index (Phi) is 4.73. The second-order valence-electron chi connectivity index (χ2n) is 4.18. The normalized spacial score (nSPS) is 10.7. The van der Waals surface area contributed by atoms with Crippen molar-refractivity contribution in [3.05, 3.63) is 44.9 Å². The molecule has 0 aliphatic rings. The molecule has 3 nitrogen and oxygen atoms in total. The molecule has 0 unspecified atom stereocenters. The minimum atomic E-state index is 0.0272. The van der Waals surface area contributed by atoms with Crippen LogP contribution in [0.2, 0.25) is 0 Å². The smallest absolute Gasteiger partial charge is 0.305 e. The lowest BCUT2D eigenvalue weighted by molar-refractivity contribution is 0.674. The largest absolute Gasteiger partial charge is 0.316 e. The summed E-state index contributed by atoms with van der Waals surface area (Å²) in [4.78, 5) is 15.6. The molecule has 0 atom stereocenters. The highest BCUT2D eigenvalue weighted by molar-refractivity contribution is 7.09. The molecule has 2 rings (SSSR count). The van der Waals surface area contributed by atoms with Crippen LogP contribution in [0.5, 0.6) is 0 Å². The third kappa shape index (κ3) is 3.31. The fraction of sp³-hybridized carbons (Fsp3) is 0.357. The maximum absolute atomic E-state index is 11.5. The molecule has 0 radical (unpaired) electrons. The summed E-state index contributed by atoms with van der Waals surface area (Å²) < 4.78 is 0. The van der Waals surface area contributed by atoms with Gasteiger partial charge in [0.25, 0.3) is 0 Å². The van der Waals surface area contributed by atoms with Crippen LogP contribution in [0.1, 0.15) is 18.2 Å². The zero-order chi connectivity index (χ0) is 12.8. The molecular formula is C14H18N2OS. The SMILES string of the molecule is CCCNCCc1sc(=O)[nH]c1-c1ccccc1. The second kappa shape index (κ2) is 6.52. The minimum absolute atomic E-state index is 0.0272. The predicted octanol–water partition coefficient (Wildman–Crippen LogP) is 2.65. The Bertz CT molecular complexity index is 530. The summed E-state index contributed by atoms with van der Waals surface area (Å²) in [7, 11) is 0. The van der Waals surface area contributed by atoms with Crippen molar-refractivity contribution in [2.24, 2.45) is 0 Å². The molecule has 4 heteroatoms. The summed E-state index contributed by atoms with van der Waals surface area (Å²) in [6.07, 6.45) is 2.03. The highest BCUT2D eigenvalue weighted by Crippen LogP contribution is 2.22. The number of nitrogens with one attached hydrogen (secondary N) is 2. The zero-order valence-electron chi connectivity index (χ0n) is 10.5. The topological polar surface area (TPSA) is 44.9 Å². The first kappa shape index (κ1) is 13.1. The molecule has 0 saturated carbocycles. The lowest BCUT2D eigenvalue weighted by Gasteiger charge is -2.04. The van der Waals surface area contributed by atoms with Gasteiger partial charge in [-0.25, -0.2) is 0 Å². The zero-order valence-corrected chi connectivity index (χ0v) is 11.3. The third-order valence-electron chi connectivity index (χ3n) is 2.74. The van der Waals surface area contributed by atoms with Crippen LogP contribution in [-0.2, 0) is 6.42 Å². The molecule has 0 bridgehead atoms. The van der Waals surface area contributed by atoms with E-state index in [4.69, 9.17) is 0 Å². The lowest BCUT2D eigenvalue weighted by atomic mass is 10.1. The standard InChI is InChI=1S/C14H18N2OS/c1-2-9-15-10-8-12-13(16-14(17)18-12)11-6-4-3-5-7-11/h3-7,15H,2,8-10H2,1H3,(H,16,17). The van der Waals surface area contributed by atoms with E-state index in [0.717, 1.165) is 42.1 Å². The fourth-order valence-electron chi connectivity index (χ4n) is 1.88. The van der Waals surface area contributed by atoms with Gasteiger partial charge in [0.1, 0.15) is 0 Å². The Labute approximate surface area is 111 Å². The Hall–Kier alpha value is -1.39. The Balaban J connectivity index is 2.13. The summed E-state index contributed by atoms with van der Waals surface area (Å²) in [6.45, 7) is 4.10. The number of hydrogen-bond donors (Lipinski definition) is 2. The molecule has 1 heterocycles. The first-order valence-electron chi connectivity index (χ1n) is 6.29. The second-order valence-corrected chi connectivity index (χ2v) is 5.25. The summed E-state index contributed by atoms with van der Waals surface area (Å²) >= 11 is 1.32. The van der Waals surface area contributed by atoms with Crippen LogP contribution in [0.15, 0.2) is 35.1 Å². The molecule has 0 amide bonds. The van der Waals surface area contributed by atoms with Crippen molar-refractivity contribution < 1.29 is 0 Å². The van der Waals surface area contributed by atoms with Gasteiger partial charge in [0.05, 0.1) is 5.69 Å². The van der Waals surface area contributed by atoms with E-state index in [1.807, 2.05) is 30.3 Å². The van der Waals surface area contributed by atoms with Crippen LogP contribution < -0.4 is 10.2 Å². The van der Waals surface area contributed by atoms with Gasteiger partial charge in [-0.2, -0.15) is 0 Å². The van der Waals surface area contributed by atoms with Crippen LogP contribution in [-0.4, -0.2) is 18.1 Å². The molecular weight excluding hydrogens is 244 g/mol. The first-order valence-corrected chi connectivity index (χ1v) is 7.11. The van der Waals surface area contributed by atoms with Gasteiger partial charge in [0.15, 0.2) is 0 Å². The van der Waals surface area contributed by atoms with Crippen molar-refractivity contribution in [2.45, 2.75) is 19.8 Å². The van der Waals surface area contributed by atoms with Crippen LogP contribution in [0.3, 0.4) is 0 Å². The van der Waals surface area contributed by atoms with Crippen LogP contribution in [0.4, 0.5) is 0 Å². The van der Waals surface area contributed by atoms with Gasteiger partial charge in [0, 0.05) is 11.4 Å². The average Bonchev–Trinajstić information content (AvgIpc) is 2.77. The molecule has 0 aliphatic heterocycles. The average molecular weight is 262 g/mol. The predicted molar refractivity (Wildman–Crippen MR) is 77.2 cm³/mol. The summed E-state index contributed by atoms with van der Waals surface area (Å²) in [5, 5.41) is 3.36. The van der Waals surface area contributed by atoms with Crippen molar-refractivity contribution in [1.82, 2.24) is 10.3 Å². The quantitative estimate of drug-likeness (QED) is 0.786. The van der Waals surface area contributed by atoms with Crippen LogP contribution in [0, 0.1) is 0 Å². The van der Waals surface area contributed by atoms with E-state index in [1.54, 1.807) is 0 Å². The van der Waals surface area contributed by atoms with Gasteiger partial charge in [-0.15, -0.1) is 0 Å². The molecule has 1 aromatic carbocycles. The summed E-state index contributed by atoms with van der Waals surface area (Å²) in [5.74, 6) is 0. The fourth-order valence-corrected chi connectivity index (χ4v) is 2.73. The van der Waals surface area contributed by atoms with Crippen LogP contribution in [0.25, 0.3) is 11.3 Å². The Morgan fingerprint density at radius 2 is 2.00 bits per heavy atom. The van der Waals surface area contributed by atoms with E-state index >= 15 is 0 Å². The lowest BCUT2D eigenvalue weighted by Crippen LogP contribution is -2.17. The van der Waals surface area contributed by atoms with E-state index in [-0.39, 0.29) is 4.87 Å². The van der Waals surface area contributed by atoms with Crippen molar-refractivity contribution in [3.63, 3.8) is 0 Å². The van der Waals surface area contributed by atoms with E-state index in [0.29, 0.717) is 0 Å². The molecule has 1 aromatic heterocycles. The Morgan fingerprint density at radius 1 is 1.22 bits per heavy atom. The molecule has 96 valence electrons.